The summed E-state index contributed by atoms with van der Waals surface area (Å²) in [6.45, 7) is 6.13. The topological polar surface area (TPSA) is 73.9 Å². The van der Waals surface area contributed by atoms with Crippen LogP contribution in [0.1, 0.15) is 41.4 Å². The van der Waals surface area contributed by atoms with Gasteiger partial charge in [0.05, 0.1) is 21.3 Å². The van der Waals surface area contributed by atoms with E-state index in [1.165, 1.54) is 7.11 Å². The fourth-order valence-corrected chi connectivity index (χ4v) is 5.07. The Kier molecular flexibility index (Phi) is 6.27. The molecule has 2 aromatic carbocycles. The first-order chi connectivity index (χ1) is 15.9. The van der Waals surface area contributed by atoms with E-state index in [2.05, 4.69) is 11.9 Å². The summed E-state index contributed by atoms with van der Waals surface area (Å²) in [5.74, 6) is -0.221. The second-order valence-corrected chi connectivity index (χ2v) is 8.52. The van der Waals surface area contributed by atoms with Crippen molar-refractivity contribution in [3.8, 4) is 11.5 Å². The minimum Gasteiger partial charge on any atom is -0.493 e. The number of benzene rings is 2. The Morgan fingerprint density at radius 2 is 1.76 bits per heavy atom. The van der Waals surface area contributed by atoms with Crippen molar-refractivity contribution in [3.63, 3.8) is 0 Å². The maximum atomic E-state index is 13.6. The summed E-state index contributed by atoms with van der Waals surface area (Å²) in [5.41, 5.74) is 5.00. The van der Waals surface area contributed by atoms with Crippen molar-refractivity contribution in [1.29, 1.82) is 0 Å². The van der Waals surface area contributed by atoms with Crippen LogP contribution in [0, 0.1) is 12.8 Å². The van der Waals surface area contributed by atoms with Crippen LogP contribution in [0.2, 0.25) is 0 Å². The fraction of sp³-hybridized carbons (Fsp3) is 0.333. The van der Waals surface area contributed by atoms with Crippen molar-refractivity contribution < 1.29 is 23.8 Å². The maximum absolute atomic E-state index is 13.6. The zero-order valence-electron chi connectivity index (χ0n) is 19.4. The van der Waals surface area contributed by atoms with E-state index in [4.69, 9.17) is 14.2 Å². The third-order valence-electron chi connectivity index (χ3n) is 6.70. The van der Waals surface area contributed by atoms with Gasteiger partial charge in [0, 0.05) is 29.3 Å². The van der Waals surface area contributed by atoms with Crippen LogP contribution in [0.25, 0.3) is 0 Å². The third-order valence-corrected chi connectivity index (χ3v) is 6.70. The van der Waals surface area contributed by atoms with Crippen LogP contribution >= 0.6 is 0 Å². The number of rotatable bonds is 5. The van der Waals surface area contributed by atoms with E-state index < -0.39 is 17.8 Å². The molecule has 6 heteroatoms. The molecule has 1 aliphatic heterocycles. The highest BCUT2D eigenvalue weighted by atomic mass is 16.5. The average molecular weight is 448 g/mol. The van der Waals surface area contributed by atoms with Crippen LogP contribution in [0.4, 0.5) is 0 Å². The molecular formula is C27H29NO5. The molecular weight excluding hydrogens is 418 g/mol. The highest BCUT2D eigenvalue weighted by Crippen LogP contribution is 2.48. The predicted octanol–water partition coefficient (Wildman–Crippen LogP) is 4.40. The minimum atomic E-state index is -0.670. The molecule has 0 amide bonds. The maximum Gasteiger partial charge on any atom is 0.315 e. The molecule has 3 atom stereocenters. The molecule has 172 valence electrons. The summed E-state index contributed by atoms with van der Waals surface area (Å²) in [5, 5.41) is 3.29. The molecule has 0 fully saturated rings. The van der Waals surface area contributed by atoms with Crippen molar-refractivity contribution in [2.45, 2.75) is 31.6 Å². The quantitative estimate of drug-likeness (QED) is 0.685. The van der Waals surface area contributed by atoms with Crippen molar-refractivity contribution in [2.75, 3.05) is 21.3 Å². The van der Waals surface area contributed by atoms with Gasteiger partial charge in [0.1, 0.15) is 5.92 Å². The Bertz CT molecular complexity index is 1150. The molecule has 0 saturated heterocycles. The SMILES string of the molecule is C=C1NC2=C(C(=O)CC(c3ccc(OC)c(OC)c3)C2)C(c2ccccc2C)C1C(=O)OC. The van der Waals surface area contributed by atoms with Gasteiger partial charge >= 0.3 is 5.97 Å². The van der Waals surface area contributed by atoms with Crippen LogP contribution in [0.3, 0.4) is 0 Å². The normalized spacial score (nSPS) is 22.4. The number of hydrogen-bond donors (Lipinski definition) is 1. The Morgan fingerprint density at radius 1 is 1.03 bits per heavy atom. The summed E-state index contributed by atoms with van der Waals surface area (Å²) in [4.78, 5) is 26.4. The monoisotopic (exact) mass is 447 g/mol. The number of aryl methyl sites for hydroxylation is 1. The number of nitrogens with one attached hydrogen (secondary N) is 1. The molecule has 0 aromatic heterocycles. The first kappa shape index (κ1) is 22.6. The van der Waals surface area contributed by atoms with Crippen LogP contribution in [-0.4, -0.2) is 33.1 Å². The van der Waals surface area contributed by atoms with E-state index in [1.807, 2.05) is 49.4 Å². The lowest BCUT2D eigenvalue weighted by Crippen LogP contribution is -2.42. The fourth-order valence-electron chi connectivity index (χ4n) is 5.07. The molecule has 4 rings (SSSR count). The van der Waals surface area contributed by atoms with E-state index in [-0.39, 0.29) is 11.7 Å². The Labute approximate surface area is 194 Å². The first-order valence-electron chi connectivity index (χ1n) is 11.0. The first-order valence-corrected chi connectivity index (χ1v) is 11.0. The molecule has 3 unspecified atom stereocenters. The van der Waals surface area contributed by atoms with E-state index in [0.29, 0.717) is 35.6 Å². The van der Waals surface area contributed by atoms with Crippen molar-refractivity contribution in [3.05, 3.63) is 82.7 Å². The number of hydrogen-bond acceptors (Lipinski definition) is 6. The number of carbonyl (C=O) groups is 2. The van der Waals surface area contributed by atoms with Gasteiger partial charge in [0.25, 0.3) is 0 Å². The van der Waals surface area contributed by atoms with Crippen LogP contribution in [0.5, 0.6) is 11.5 Å². The van der Waals surface area contributed by atoms with Gasteiger partial charge < -0.3 is 19.5 Å². The van der Waals surface area contributed by atoms with Gasteiger partial charge in [0.2, 0.25) is 0 Å². The van der Waals surface area contributed by atoms with Crippen LogP contribution in [-0.2, 0) is 14.3 Å². The highest BCUT2D eigenvalue weighted by Gasteiger charge is 2.45. The standard InChI is InChI=1S/C27H29NO5/c1-15-8-6-7-9-19(15)25-24(27(30)33-5)16(2)28-20-12-18(13-21(29)26(20)25)17-10-11-22(31-3)23(14-17)32-4/h6-11,14,18,24-25,28H,2,12-13H2,1,3-5H3. The smallest absolute Gasteiger partial charge is 0.315 e. The largest absolute Gasteiger partial charge is 0.493 e. The molecule has 0 bridgehead atoms. The zero-order chi connectivity index (χ0) is 23.7. The van der Waals surface area contributed by atoms with Crippen molar-refractivity contribution in [1.82, 2.24) is 5.32 Å². The van der Waals surface area contributed by atoms with E-state index in [0.717, 1.165) is 22.4 Å². The molecule has 0 radical (unpaired) electrons. The van der Waals surface area contributed by atoms with Gasteiger partial charge in [0.15, 0.2) is 17.3 Å². The van der Waals surface area contributed by atoms with Crippen molar-refractivity contribution >= 4 is 11.8 Å². The third kappa shape index (κ3) is 4.01. The molecule has 33 heavy (non-hydrogen) atoms. The van der Waals surface area contributed by atoms with Crippen LogP contribution in [0.15, 0.2) is 66.0 Å². The van der Waals surface area contributed by atoms with E-state index in [1.54, 1.807) is 14.2 Å². The lowest BCUT2D eigenvalue weighted by Gasteiger charge is -2.40. The number of ketones is 1. The van der Waals surface area contributed by atoms with Crippen LogP contribution < -0.4 is 14.8 Å². The number of esters is 1. The number of Topliss-reactive ketones (excluding diaryl/α,β-unsaturated/α-hetero) is 1. The molecule has 2 aliphatic rings. The summed E-state index contributed by atoms with van der Waals surface area (Å²) in [7, 11) is 4.56. The summed E-state index contributed by atoms with van der Waals surface area (Å²) < 4.78 is 15.9. The van der Waals surface area contributed by atoms with Gasteiger partial charge in [-0.1, -0.05) is 36.9 Å². The summed E-state index contributed by atoms with van der Waals surface area (Å²) in [6.07, 6.45) is 0.977. The Morgan fingerprint density at radius 3 is 2.42 bits per heavy atom. The van der Waals surface area contributed by atoms with Gasteiger partial charge in [-0.05, 0) is 48.1 Å². The van der Waals surface area contributed by atoms with E-state index >= 15 is 0 Å². The summed E-state index contributed by atoms with van der Waals surface area (Å²) in [6, 6.07) is 13.6. The minimum absolute atomic E-state index is 0.0245. The molecule has 0 saturated carbocycles. The molecule has 2 aromatic rings. The molecule has 1 N–H and O–H groups in total. The molecule has 0 spiro atoms. The van der Waals surface area contributed by atoms with Gasteiger partial charge in [-0.15, -0.1) is 0 Å². The second kappa shape index (κ2) is 9.14. The van der Waals surface area contributed by atoms with Gasteiger partial charge in [-0.3, -0.25) is 9.59 Å². The number of ether oxygens (including phenoxy) is 3. The molecule has 1 heterocycles. The second-order valence-electron chi connectivity index (χ2n) is 8.52. The van der Waals surface area contributed by atoms with Gasteiger partial charge in [-0.25, -0.2) is 0 Å². The average Bonchev–Trinajstić information content (AvgIpc) is 2.82. The van der Waals surface area contributed by atoms with Gasteiger partial charge in [-0.2, -0.15) is 0 Å². The predicted molar refractivity (Wildman–Crippen MR) is 125 cm³/mol. The number of allylic oxidation sites excluding steroid dienone is 2. The Hall–Kier alpha value is -3.54. The lowest BCUT2D eigenvalue weighted by atomic mass is 9.68. The van der Waals surface area contributed by atoms with E-state index in [9.17, 15) is 9.59 Å². The highest BCUT2D eigenvalue weighted by molar-refractivity contribution is 6.01. The molecule has 6 nitrogen and oxygen atoms in total. The Balaban J connectivity index is 1.79. The number of carbonyl (C=O) groups excluding carboxylic acids is 2. The molecule has 1 aliphatic carbocycles. The lowest BCUT2D eigenvalue weighted by molar-refractivity contribution is -0.144. The zero-order valence-corrected chi connectivity index (χ0v) is 19.4. The number of methoxy groups -OCH3 is 3. The van der Waals surface area contributed by atoms with Crippen molar-refractivity contribution in [2.24, 2.45) is 5.92 Å². The summed E-state index contributed by atoms with van der Waals surface area (Å²) >= 11 is 0.